The van der Waals surface area contributed by atoms with Gasteiger partial charge in [0, 0.05) is 106 Å². The van der Waals surface area contributed by atoms with Crippen LogP contribution in [0.15, 0.2) is 85.2 Å². The van der Waals surface area contributed by atoms with E-state index in [1.54, 1.807) is 81.7 Å². The highest BCUT2D eigenvalue weighted by molar-refractivity contribution is 8.00. The van der Waals surface area contributed by atoms with Gasteiger partial charge in [0.15, 0.2) is 0 Å². The van der Waals surface area contributed by atoms with Crippen molar-refractivity contribution in [1.29, 1.82) is 0 Å². The van der Waals surface area contributed by atoms with E-state index in [0.29, 0.717) is 69.5 Å². The highest BCUT2D eigenvalue weighted by atomic mass is 32.2. The number of nitrogens with two attached hydrogens (primary N) is 3. The molecule has 2 aromatic heterocycles. The van der Waals surface area contributed by atoms with Gasteiger partial charge in [0.1, 0.15) is 90.3 Å². The van der Waals surface area contributed by atoms with Crippen LogP contribution in [0.4, 0.5) is 0 Å². The minimum Gasteiger partial charge on any atom is -0.508 e. The van der Waals surface area contributed by atoms with Crippen LogP contribution < -0.4 is 70.4 Å². The quantitative estimate of drug-likeness (QED) is 0.0285. The number of hydrogen-bond donors (Lipinski definition) is 18. The first-order chi connectivity index (χ1) is 62.7. The molecule has 1 unspecified atom stereocenters. The molecule has 8 rings (SSSR count). The van der Waals surface area contributed by atoms with Crippen molar-refractivity contribution in [3.05, 3.63) is 102 Å². The normalized spacial score (nSPS) is 24.5. The zero-order valence-electron chi connectivity index (χ0n) is 75.4. The van der Waals surface area contributed by atoms with Crippen LogP contribution in [0.2, 0.25) is 0 Å². The monoisotopic (exact) mass is 1860 g/mol. The van der Waals surface area contributed by atoms with Crippen LogP contribution in [0.1, 0.15) is 154 Å². The number of amides is 18. The number of aromatic amines is 2. The smallest absolute Gasteiger partial charge is 0.303 e. The summed E-state index contributed by atoms with van der Waals surface area (Å²) in [5, 5.41) is 58.1. The van der Waals surface area contributed by atoms with Crippen molar-refractivity contribution in [2.45, 2.75) is 241 Å². The Labute approximate surface area is 767 Å². The number of phenols is 1. The first-order valence-electron chi connectivity index (χ1n) is 44.3. The van der Waals surface area contributed by atoms with Crippen LogP contribution >= 0.6 is 11.8 Å². The summed E-state index contributed by atoms with van der Waals surface area (Å²) in [6.07, 6.45) is 0.486. The molecule has 3 aromatic carbocycles. The number of thioether (sulfide) groups is 1. The number of carbonyl (C=O) groups excluding carboxylic acids is 18. The number of aromatic hydroxyl groups is 1. The van der Waals surface area contributed by atoms with Crippen LogP contribution in [0, 0.1) is 5.92 Å². The zero-order valence-corrected chi connectivity index (χ0v) is 76.2. The Morgan fingerprint density at radius 1 is 0.492 bits per heavy atom. The lowest BCUT2D eigenvalue weighted by atomic mass is 9.99. The van der Waals surface area contributed by atoms with Crippen LogP contribution in [0.3, 0.4) is 0 Å². The summed E-state index contributed by atoms with van der Waals surface area (Å²) < 4.78 is 0. The number of aliphatic hydroxyl groups excluding tert-OH is 1. The third kappa shape index (κ3) is 29.1. The first-order valence-corrected chi connectivity index (χ1v) is 45.4. The molecular formula is C89H124N20O22S. The van der Waals surface area contributed by atoms with E-state index >= 15 is 33.6 Å². The number of H-pyrrole nitrogens is 2. The van der Waals surface area contributed by atoms with Crippen molar-refractivity contribution in [3.8, 4) is 5.75 Å². The second-order valence-corrected chi connectivity index (χ2v) is 35.0. The number of phenolic OH excluding ortho intramolecular Hbond substituents is 1. The second-order valence-electron chi connectivity index (χ2n) is 33.9. The summed E-state index contributed by atoms with van der Waals surface area (Å²) in [7, 11) is 3.81. The number of benzene rings is 3. The van der Waals surface area contributed by atoms with E-state index in [1.165, 1.54) is 57.2 Å². The molecule has 18 amide bonds. The molecule has 3 aliphatic rings. The zero-order chi connectivity index (χ0) is 96.9. The van der Waals surface area contributed by atoms with E-state index in [9.17, 15) is 72.9 Å². The number of carboxylic acids is 1. The van der Waals surface area contributed by atoms with E-state index in [2.05, 4.69) is 63.1 Å². The Morgan fingerprint density at radius 2 is 0.955 bits per heavy atom. The van der Waals surface area contributed by atoms with Gasteiger partial charge < -0.3 is 120 Å². The van der Waals surface area contributed by atoms with E-state index < -0.39 is 254 Å². The minimum absolute atomic E-state index is 0.0251. The number of aliphatic hydroxyl groups is 1. The fraction of sp³-hybridized carbons (Fsp3) is 0.539. The molecule has 14 atom stereocenters. The Hall–Kier alpha value is -13.2. The summed E-state index contributed by atoms with van der Waals surface area (Å²) >= 11 is 0.702. The minimum atomic E-state index is -1.82. The van der Waals surface area contributed by atoms with Crippen molar-refractivity contribution >= 4 is 146 Å². The Balaban J connectivity index is 1.19. The number of likely N-dealkylation sites (N-methyl/N-ethyl adjacent to an activating group) is 3. The molecule has 3 saturated heterocycles. The van der Waals surface area contributed by atoms with Gasteiger partial charge in [0.2, 0.25) is 106 Å². The fourth-order valence-electron chi connectivity index (χ4n) is 16.3. The number of fused-ring (bicyclic) bond motifs is 4. The van der Waals surface area contributed by atoms with E-state index in [4.69, 9.17) is 17.2 Å². The lowest BCUT2D eigenvalue weighted by Crippen LogP contribution is -2.61. The first kappa shape index (κ1) is 104. The number of unbranched alkanes of at least 4 members (excludes halogenated alkanes) is 2. The van der Waals surface area contributed by atoms with Crippen molar-refractivity contribution in [2.24, 2.45) is 23.1 Å². The molecule has 21 N–H and O–H groups in total. The van der Waals surface area contributed by atoms with Crippen molar-refractivity contribution in [1.82, 2.24) is 87.6 Å². The molecular weight excluding hydrogens is 1730 g/mol. The number of para-hydroxylation sites is 2. The molecule has 718 valence electrons. The van der Waals surface area contributed by atoms with Crippen LogP contribution in [0.5, 0.6) is 5.75 Å². The molecule has 42 nitrogen and oxygen atoms in total. The molecule has 0 bridgehead atoms. The lowest BCUT2D eigenvalue weighted by molar-refractivity contribution is -0.149. The molecule has 132 heavy (non-hydrogen) atoms. The van der Waals surface area contributed by atoms with Crippen LogP contribution in [0.25, 0.3) is 21.8 Å². The largest absolute Gasteiger partial charge is 0.508 e. The summed E-state index contributed by atoms with van der Waals surface area (Å²) in [6.45, 7) is 6.62. The van der Waals surface area contributed by atoms with E-state index in [0.717, 1.165) is 19.6 Å². The van der Waals surface area contributed by atoms with E-state index in [-0.39, 0.29) is 95.4 Å². The highest BCUT2D eigenvalue weighted by Crippen LogP contribution is 2.28. The van der Waals surface area contributed by atoms with Crippen molar-refractivity contribution < 1.29 is 106 Å². The molecule has 0 saturated carbocycles. The lowest BCUT2D eigenvalue weighted by Gasteiger charge is -2.36. The highest BCUT2D eigenvalue weighted by Gasteiger charge is 2.46. The number of carbonyl (C=O) groups is 19. The molecule has 5 aromatic rings. The Morgan fingerprint density at radius 3 is 1.51 bits per heavy atom. The summed E-state index contributed by atoms with van der Waals surface area (Å²) in [6, 6.07) is -2.59. The van der Waals surface area contributed by atoms with Crippen LogP contribution in [-0.4, -0.2) is 306 Å². The average Bonchev–Trinajstić information content (AvgIpc) is 1.66. The standard InChI is InChI=1S/C89H124N20O22S/c1-9-11-23-67-82(124)98-58(31-32-75(116)117)78(120)104-66(77(119)95-45-73(92)114)46-132-47-74(115)96-63(38-50-27-29-53(111)30-28-50)85(127)105(6)49(5)76(118)101-65(42-72(91)113)88(130)109-35-18-26-69(109)84(126)100-61(41-71(90)112)81(123)102-62(37-48(3)4)87(129)108-34-17-25-68(108)83(125)99-60(39-51-43-93-56-21-15-13-19-54(51)56)80(122)97-59(33-36-110)79(121)103-64(40-52-44-94-57-22-16-14-20-55(52)57)86(128)107(8)70(24-12-10-2)89(131)106(67)7/h13-16,19-22,27-30,43-44,48-49,58-70,93-94,110-111H,9-12,17-18,23-26,31-42,45-47H2,1-8H3,(H2,90,112)(H2,91,113)(H2,92,114)(H,95,119)(H,96,115)(H,97,122)(H,98,124)(H,99,125)(H,100,126)(H,101,118)(H,102,123)(H,103,121)(H,104,120)(H,116,117)/t49-,58-,59-,60-,61-,62-,63-,64-,65-,66?,67-,68-,69-,70-/m0/s1. The number of aromatic nitrogens is 2. The van der Waals surface area contributed by atoms with Gasteiger partial charge >= 0.3 is 5.97 Å². The number of nitrogens with zero attached hydrogens (tertiary/aromatic N) is 5. The Kier molecular flexibility index (Phi) is 39.2. The van der Waals surface area contributed by atoms with Gasteiger partial charge in [-0.05, 0) is 112 Å². The topological polar surface area (TPSA) is 631 Å². The number of aliphatic carboxylic acids is 1. The summed E-state index contributed by atoms with van der Waals surface area (Å²) in [5.41, 5.74) is 19.4. The Bertz CT molecular complexity index is 5010. The third-order valence-electron chi connectivity index (χ3n) is 23.6. The van der Waals surface area contributed by atoms with Gasteiger partial charge in [-0.15, -0.1) is 11.8 Å². The van der Waals surface area contributed by atoms with Crippen molar-refractivity contribution in [3.63, 3.8) is 0 Å². The molecule has 3 aliphatic heterocycles. The van der Waals surface area contributed by atoms with Gasteiger partial charge in [-0.2, -0.15) is 0 Å². The molecule has 0 radical (unpaired) electrons. The third-order valence-corrected chi connectivity index (χ3v) is 24.7. The van der Waals surface area contributed by atoms with Gasteiger partial charge in [0.05, 0.1) is 25.1 Å². The van der Waals surface area contributed by atoms with Crippen molar-refractivity contribution in [2.75, 3.05) is 58.9 Å². The average molecular weight is 1860 g/mol. The SMILES string of the molecule is CCCC[C@H]1C(=O)N(C)[C@@H](CCCC)C(=O)N[C@@H](CCC(=O)O)C(=O)NC(C(=O)NCC(N)=O)CSCC(=O)N[C@@H](Cc2ccc(O)cc2)C(=O)N(C)[C@@H](C)C(=O)N[C@@H](CC(N)=O)C(=O)N2CCC[C@H]2C(=O)N[C@@H](CC(N)=O)C(=O)N[C@@H](CC(C)C)C(=O)N2CCC[C@H]2C(=O)N[C@@H](Cc2c[nH]c3ccccc23)C(=O)N[C@@H](CCO)C(=O)N[C@@H](Cc2c[nH]c3ccccc23)C(=O)N1C. The number of nitrogens with one attached hydrogen (secondary N) is 12. The van der Waals surface area contributed by atoms with Gasteiger partial charge in [-0.1, -0.05) is 102 Å². The fourth-order valence-corrected chi connectivity index (χ4v) is 17.2. The number of primary amides is 3. The number of rotatable bonds is 26. The maximum atomic E-state index is 15.7. The maximum absolute atomic E-state index is 15.7. The van der Waals surface area contributed by atoms with E-state index in [1.807, 2.05) is 6.92 Å². The second kappa shape index (κ2) is 49.7. The molecule has 0 aliphatic carbocycles. The predicted molar refractivity (Wildman–Crippen MR) is 482 cm³/mol. The van der Waals surface area contributed by atoms with Gasteiger partial charge in [-0.3, -0.25) is 91.1 Å². The molecule has 5 heterocycles. The molecule has 43 heteroatoms. The van der Waals surface area contributed by atoms with Gasteiger partial charge in [-0.25, -0.2) is 0 Å². The maximum Gasteiger partial charge on any atom is 0.303 e. The van der Waals surface area contributed by atoms with Gasteiger partial charge in [0.25, 0.3) is 0 Å². The predicted octanol–water partition coefficient (Wildman–Crippen LogP) is -2.00. The van der Waals surface area contributed by atoms with Crippen LogP contribution in [-0.2, 0) is 110 Å². The summed E-state index contributed by atoms with van der Waals surface area (Å²) in [4.78, 5) is 286. The number of carboxylic acid groups (broad SMARTS) is 1. The summed E-state index contributed by atoms with van der Waals surface area (Å²) in [5.74, 6) is -20.7. The number of hydrogen-bond acceptors (Lipinski definition) is 22. The molecule has 3 fully saturated rings. The molecule has 0 spiro atoms.